The van der Waals surface area contributed by atoms with E-state index in [2.05, 4.69) is 32.4 Å². The summed E-state index contributed by atoms with van der Waals surface area (Å²) in [6, 6.07) is 11.5. The van der Waals surface area contributed by atoms with E-state index in [-0.39, 0.29) is 5.82 Å². The van der Waals surface area contributed by atoms with Crippen molar-refractivity contribution in [2.24, 2.45) is 0 Å². The highest BCUT2D eigenvalue weighted by atomic mass is 35.5. The van der Waals surface area contributed by atoms with Gasteiger partial charge in [0, 0.05) is 27.5 Å². The molecule has 0 saturated heterocycles. The smallest absolute Gasteiger partial charge is 0.147 e. The summed E-state index contributed by atoms with van der Waals surface area (Å²) in [5.41, 5.74) is 6.82. The number of thiophene rings is 1. The summed E-state index contributed by atoms with van der Waals surface area (Å²) in [4.78, 5) is 13.2. The molecule has 5 aromatic rings. The maximum atomic E-state index is 14.2. The molecule has 0 aliphatic carbocycles. The number of fused-ring (bicyclic) bond motifs is 2. The number of nitrogens with one attached hydrogen (secondary N) is 2. The van der Waals surface area contributed by atoms with Crippen LogP contribution in [0.4, 0.5) is 10.2 Å². The normalized spacial score (nSPS) is 11.5. The number of hydrogen-bond acceptors (Lipinski definition) is 4. The number of H-pyrrole nitrogens is 1. The Hall–Kier alpha value is -2.96. The number of rotatable bonds is 5. The Labute approximate surface area is 194 Å². The van der Waals surface area contributed by atoms with Crippen LogP contribution >= 0.6 is 22.9 Å². The fourth-order valence-electron chi connectivity index (χ4n) is 4.13. The van der Waals surface area contributed by atoms with E-state index in [4.69, 9.17) is 11.6 Å². The molecule has 0 spiro atoms. The first-order valence-corrected chi connectivity index (χ1v) is 11.6. The van der Waals surface area contributed by atoms with E-state index in [9.17, 15) is 4.39 Å². The van der Waals surface area contributed by atoms with Crippen molar-refractivity contribution >= 4 is 49.9 Å². The van der Waals surface area contributed by atoms with E-state index >= 15 is 0 Å². The molecule has 0 atom stereocenters. The van der Waals surface area contributed by atoms with Crippen molar-refractivity contribution < 1.29 is 4.39 Å². The zero-order valence-corrected chi connectivity index (χ0v) is 19.6. The molecule has 0 fully saturated rings. The van der Waals surface area contributed by atoms with Gasteiger partial charge in [0.1, 0.15) is 18.0 Å². The van der Waals surface area contributed by atoms with Crippen molar-refractivity contribution in [1.82, 2.24) is 15.0 Å². The van der Waals surface area contributed by atoms with Crippen molar-refractivity contribution in [3.63, 3.8) is 0 Å². The molecule has 162 valence electrons. The fraction of sp³-hybridized carbons (Fsp3) is 0.200. The molecule has 7 heteroatoms. The predicted molar refractivity (Wildman–Crippen MR) is 133 cm³/mol. The van der Waals surface area contributed by atoms with Gasteiger partial charge in [0.2, 0.25) is 0 Å². The summed E-state index contributed by atoms with van der Waals surface area (Å²) in [6.07, 6.45) is 2.34. The van der Waals surface area contributed by atoms with Crippen molar-refractivity contribution in [3.05, 3.63) is 75.9 Å². The topological polar surface area (TPSA) is 53.6 Å². The van der Waals surface area contributed by atoms with Crippen molar-refractivity contribution in [2.45, 2.75) is 27.2 Å². The van der Waals surface area contributed by atoms with Crippen LogP contribution in [0.3, 0.4) is 0 Å². The Morgan fingerprint density at radius 1 is 1.06 bits per heavy atom. The number of hydrogen-bond donors (Lipinski definition) is 2. The molecule has 5 rings (SSSR count). The molecule has 0 bridgehead atoms. The summed E-state index contributed by atoms with van der Waals surface area (Å²) in [6.45, 7) is 6.69. The monoisotopic (exact) mass is 464 g/mol. The van der Waals surface area contributed by atoms with Gasteiger partial charge in [-0.05, 0) is 67.6 Å². The maximum absolute atomic E-state index is 14.2. The number of nitrogens with zero attached hydrogens (tertiary/aromatic N) is 2. The van der Waals surface area contributed by atoms with Gasteiger partial charge in [-0.2, -0.15) is 0 Å². The fourth-order valence-corrected chi connectivity index (χ4v) is 5.38. The first kappa shape index (κ1) is 20.9. The average molecular weight is 465 g/mol. The van der Waals surface area contributed by atoms with E-state index in [0.29, 0.717) is 12.1 Å². The van der Waals surface area contributed by atoms with Gasteiger partial charge in [-0.25, -0.2) is 14.4 Å². The van der Waals surface area contributed by atoms with Crippen LogP contribution in [-0.4, -0.2) is 21.5 Å². The summed E-state index contributed by atoms with van der Waals surface area (Å²) in [7, 11) is 0. The molecule has 0 amide bonds. The molecule has 3 aromatic heterocycles. The lowest BCUT2D eigenvalue weighted by atomic mass is 10.0. The van der Waals surface area contributed by atoms with Crippen LogP contribution in [0.2, 0.25) is 5.02 Å². The molecule has 0 radical (unpaired) electrons. The van der Waals surface area contributed by atoms with E-state index in [1.54, 1.807) is 17.7 Å². The molecule has 32 heavy (non-hydrogen) atoms. The molecule has 3 heterocycles. The van der Waals surface area contributed by atoms with Gasteiger partial charge in [-0.3, -0.25) is 0 Å². The van der Waals surface area contributed by atoms with Crippen LogP contribution in [0.5, 0.6) is 0 Å². The third kappa shape index (κ3) is 3.63. The van der Waals surface area contributed by atoms with Crippen LogP contribution < -0.4 is 5.32 Å². The maximum Gasteiger partial charge on any atom is 0.147 e. The Balaban J connectivity index is 1.41. The minimum atomic E-state index is -0.215. The molecule has 2 aromatic carbocycles. The third-order valence-electron chi connectivity index (χ3n) is 5.86. The van der Waals surface area contributed by atoms with E-state index < -0.39 is 0 Å². The number of halogens is 2. The van der Waals surface area contributed by atoms with Crippen LogP contribution in [0.1, 0.15) is 22.4 Å². The highest BCUT2D eigenvalue weighted by Gasteiger charge is 2.15. The molecule has 4 nitrogen and oxygen atoms in total. The quantitative estimate of drug-likeness (QED) is 0.289. The van der Waals surface area contributed by atoms with Gasteiger partial charge in [0.15, 0.2) is 0 Å². The number of aromatic amines is 1. The second-order valence-electron chi connectivity index (χ2n) is 8.03. The standard InChI is InChI=1S/C25H22ClFN4S/c1-13-4-6-16(10-18(13)26)21-11-20-24(32-21)25(30-12-29-20)28-9-8-17-15(3)31-23-19(27)7-5-14(2)22(17)23/h4-7,10-12,31H,8-9H2,1-3H3,(H,28,29,30). The number of aryl methyl sites for hydroxylation is 3. The molecule has 0 saturated carbocycles. The van der Waals surface area contributed by atoms with Gasteiger partial charge in [-0.1, -0.05) is 29.8 Å². The van der Waals surface area contributed by atoms with Gasteiger partial charge in [0.25, 0.3) is 0 Å². The molecule has 2 N–H and O–H groups in total. The van der Waals surface area contributed by atoms with Crippen LogP contribution in [0, 0.1) is 26.6 Å². The first-order chi connectivity index (χ1) is 15.4. The summed E-state index contributed by atoms with van der Waals surface area (Å²) >= 11 is 7.97. The number of aromatic nitrogens is 3. The zero-order chi connectivity index (χ0) is 22.4. The second-order valence-corrected chi connectivity index (χ2v) is 9.49. The number of benzene rings is 2. The predicted octanol–water partition coefficient (Wildman–Crippen LogP) is 7.21. The Morgan fingerprint density at radius 2 is 1.88 bits per heavy atom. The van der Waals surface area contributed by atoms with Gasteiger partial charge >= 0.3 is 0 Å². The van der Waals surface area contributed by atoms with Crippen LogP contribution in [0.15, 0.2) is 42.7 Å². The highest BCUT2D eigenvalue weighted by molar-refractivity contribution is 7.22. The lowest BCUT2D eigenvalue weighted by Crippen LogP contribution is -2.07. The summed E-state index contributed by atoms with van der Waals surface area (Å²) < 4.78 is 15.3. The molecule has 0 aliphatic heterocycles. The zero-order valence-electron chi connectivity index (χ0n) is 18.0. The average Bonchev–Trinajstić information content (AvgIpc) is 3.35. The summed E-state index contributed by atoms with van der Waals surface area (Å²) in [5, 5.41) is 5.20. The minimum absolute atomic E-state index is 0.215. The highest BCUT2D eigenvalue weighted by Crippen LogP contribution is 2.37. The lowest BCUT2D eigenvalue weighted by molar-refractivity contribution is 0.637. The van der Waals surface area contributed by atoms with E-state index in [0.717, 1.165) is 65.7 Å². The van der Waals surface area contributed by atoms with E-state index in [1.807, 2.05) is 39.0 Å². The second kappa shape index (κ2) is 8.19. The summed E-state index contributed by atoms with van der Waals surface area (Å²) in [5.74, 6) is 0.595. The lowest BCUT2D eigenvalue weighted by Gasteiger charge is -2.08. The van der Waals surface area contributed by atoms with E-state index in [1.165, 1.54) is 6.07 Å². The molecular weight excluding hydrogens is 443 g/mol. The van der Waals surface area contributed by atoms with Crippen molar-refractivity contribution in [1.29, 1.82) is 0 Å². The SMILES string of the molecule is Cc1ccc(-c2cc3ncnc(NCCc4c(C)[nH]c5c(F)ccc(C)c45)c3s2)cc1Cl. The Morgan fingerprint density at radius 3 is 2.69 bits per heavy atom. The molecule has 0 unspecified atom stereocenters. The minimum Gasteiger partial charge on any atom is -0.368 e. The Bertz CT molecular complexity index is 1470. The van der Waals surface area contributed by atoms with Gasteiger partial charge < -0.3 is 10.3 Å². The first-order valence-electron chi connectivity index (χ1n) is 10.4. The van der Waals surface area contributed by atoms with Crippen molar-refractivity contribution in [3.8, 4) is 10.4 Å². The number of anilines is 1. The van der Waals surface area contributed by atoms with Gasteiger partial charge in [-0.15, -0.1) is 11.3 Å². The third-order valence-corrected chi connectivity index (χ3v) is 7.45. The van der Waals surface area contributed by atoms with Gasteiger partial charge in [0.05, 0.1) is 15.7 Å². The van der Waals surface area contributed by atoms with Crippen LogP contribution in [0.25, 0.3) is 31.6 Å². The molecular formula is C25H22ClFN4S. The largest absolute Gasteiger partial charge is 0.368 e. The molecule has 0 aliphatic rings. The Kier molecular flexibility index (Phi) is 5.35. The van der Waals surface area contributed by atoms with Crippen molar-refractivity contribution in [2.75, 3.05) is 11.9 Å². The van der Waals surface area contributed by atoms with Crippen LogP contribution in [-0.2, 0) is 6.42 Å².